The molecule has 0 atom stereocenters. The summed E-state index contributed by atoms with van der Waals surface area (Å²) >= 11 is 0. The lowest BCUT2D eigenvalue weighted by atomic mass is 10.3. The van der Waals surface area contributed by atoms with Crippen molar-refractivity contribution in [2.24, 2.45) is 0 Å². The normalized spacial score (nSPS) is 11.9. The lowest BCUT2D eigenvalue weighted by Gasteiger charge is -2.28. The van der Waals surface area contributed by atoms with Crippen molar-refractivity contribution >= 4 is 16.7 Å². The van der Waals surface area contributed by atoms with E-state index in [0.29, 0.717) is 0 Å². The number of benzene rings is 2. The van der Waals surface area contributed by atoms with Gasteiger partial charge in [-0.15, -0.1) is 5.10 Å². The van der Waals surface area contributed by atoms with Crippen LogP contribution in [0.15, 0.2) is 54.6 Å². The van der Waals surface area contributed by atoms with Gasteiger partial charge in [0.2, 0.25) is 0 Å². The van der Waals surface area contributed by atoms with Gasteiger partial charge < -0.3 is 0 Å². The second-order valence-electron chi connectivity index (χ2n) is 5.24. The van der Waals surface area contributed by atoms with Crippen LogP contribution in [0, 0.1) is 0 Å². The Labute approximate surface area is 112 Å². The summed E-state index contributed by atoms with van der Waals surface area (Å²) < 4.78 is 2.69. The second-order valence-corrected chi connectivity index (χ2v) is 5.24. The topological polar surface area (TPSA) is 30.7 Å². The third-order valence-electron chi connectivity index (χ3n) is 3.36. The van der Waals surface area contributed by atoms with Gasteiger partial charge in [-0.05, 0) is 24.3 Å². The fraction of sp³-hybridized carbons (Fsp3) is 0.200. The first-order valence-corrected chi connectivity index (χ1v) is 6.34. The summed E-state index contributed by atoms with van der Waals surface area (Å²) in [5.41, 5.74) is 3.27. The van der Waals surface area contributed by atoms with E-state index in [1.54, 1.807) is 0 Å². The average Bonchev–Trinajstić information content (AvgIpc) is 2.83. The highest BCUT2D eigenvalue weighted by atomic mass is 15.5. The molecule has 4 nitrogen and oxygen atoms in total. The highest BCUT2D eigenvalue weighted by Gasteiger charge is 2.20. The van der Waals surface area contributed by atoms with E-state index in [0.717, 1.165) is 22.2 Å². The molecule has 0 aliphatic heterocycles. The highest BCUT2D eigenvalue weighted by molar-refractivity contribution is 5.73. The Morgan fingerprint density at radius 3 is 2.42 bits per heavy atom. The largest absolute Gasteiger partial charge is 0.277 e. The molecule has 0 saturated carbocycles. The van der Waals surface area contributed by atoms with Crippen molar-refractivity contribution in [2.45, 2.75) is 6.67 Å². The van der Waals surface area contributed by atoms with E-state index in [1.807, 2.05) is 28.9 Å². The number of aromatic nitrogens is 3. The van der Waals surface area contributed by atoms with Crippen molar-refractivity contribution in [3.63, 3.8) is 0 Å². The van der Waals surface area contributed by atoms with Gasteiger partial charge in [-0.1, -0.05) is 35.5 Å². The summed E-state index contributed by atoms with van der Waals surface area (Å²) in [5, 5.41) is 8.46. The van der Waals surface area contributed by atoms with Crippen molar-refractivity contribution in [1.29, 1.82) is 0 Å². The van der Waals surface area contributed by atoms with Crippen LogP contribution in [-0.4, -0.2) is 29.1 Å². The van der Waals surface area contributed by atoms with Gasteiger partial charge in [0, 0.05) is 0 Å². The zero-order valence-electron chi connectivity index (χ0n) is 11.2. The minimum atomic E-state index is 0.730. The van der Waals surface area contributed by atoms with Crippen molar-refractivity contribution < 1.29 is 0 Å². The molecule has 1 aromatic heterocycles. The Hall–Kier alpha value is -2.20. The quantitative estimate of drug-likeness (QED) is 0.672. The van der Waals surface area contributed by atoms with E-state index in [4.69, 9.17) is 0 Å². The zero-order chi connectivity index (χ0) is 13.3. The third kappa shape index (κ3) is 2.22. The van der Waals surface area contributed by atoms with Crippen LogP contribution >= 0.6 is 0 Å². The average molecular weight is 253 g/mol. The molecule has 0 aliphatic carbocycles. The standard InChI is InChI=1S/C15H17N4/c1-19(2,13-8-4-3-5-9-13)12-18-15-11-7-6-10-14(15)16-17-18/h3-11H,12H2,1-2H3/q+1. The van der Waals surface area contributed by atoms with Crippen molar-refractivity contribution in [2.75, 3.05) is 14.1 Å². The van der Waals surface area contributed by atoms with Gasteiger partial charge in [-0.2, -0.15) is 4.68 Å². The maximum Gasteiger partial charge on any atom is 0.181 e. The second kappa shape index (κ2) is 4.48. The molecule has 0 aliphatic rings. The van der Waals surface area contributed by atoms with E-state index >= 15 is 0 Å². The van der Waals surface area contributed by atoms with Crippen LogP contribution in [0.2, 0.25) is 0 Å². The first kappa shape index (κ1) is 11.9. The van der Waals surface area contributed by atoms with Gasteiger partial charge in [-0.3, -0.25) is 4.48 Å². The Morgan fingerprint density at radius 1 is 0.947 bits per heavy atom. The van der Waals surface area contributed by atoms with E-state index < -0.39 is 0 Å². The van der Waals surface area contributed by atoms with Gasteiger partial charge in [-0.25, -0.2) is 0 Å². The van der Waals surface area contributed by atoms with Gasteiger partial charge in [0.1, 0.15) is 11.2 Å². The molecule has 1 heterocycles. The molecule has 4 heteroatoms. The number of nitrogens with zero attached hydrogens (tertiary/aromatic N) is 4. The van der Waals surface area contributed by atoms with E-state index in [9.17, 15) is 0 Å². The van der Waals surface area contributed by atoms with Crippen LogP contribution in [0.3, 0.4) is 0 Å². The molecule has 3 rings (SSSR count). The van der Waals surface area contributed by atoms with E-state index in [2.05, 4.69) is 54.7 Å². The SMILES string of the molecule is C[N+](C)(Cn1nnc2ccccc21)c1ccccc1. The third-order valence-corrected chi connectivity index (χ3v) is 3.36. The number of hydrogen-bond donors (Lipinski definition) is 0. The highest BCUT2D eigenvalue weighted by Crippen LogP contribution is 2.20. The van der Waals surface area contributed by atoms with Crippen LogP contribution in [0.25, 0.3) is 11.0 Å². The molecule has 0 bridgehead atoms. The summed E-state index contributed by atoms with van der Waals surface area (Å²) in [4.78, 5) is 0. The molecular weight excluding hydrogens is 236 g/mol. The van der Waals surface area contributed by atoms with Gasteiger partial charge >= 0.3 is 0 Å². The summed E-state index contributed by atoms with van der Waals surface area (Å²) in [7, 11) is 4.34. The monoisotopic (exact) mass is 253 g/mol. The first-order valence-electron chi connectivity index (χ1n) is 6.34. The molecule has 0 radical (unpaired) electrons. The minimum absolute atomic E-state index is 0.730. The molecule has 0 fully saturated rings. The van der Waals surface area contributed by atoms with E-state index in [1.165, 1.54) is 5.69 Å². The smallest absolute Gasteiger partial charge is 0.181 e. The van der Waals surface area contributed by atoms with Crippen molar-refractivity contribution in [1.82, 2.24) is 19.5 Å². The van der Waals surface area contributed by atoms with Crippen LogP contribution in [-0.2, 0) is 6.67 Å². The molecule has 0 N–H and O–H groups in total. The minimum Gasteiger partial charge on any atom is -0.277 e. The van der Waals surface area contributed by atoms with Crippen LogP contribution in [0.4, 0.5) is 5.69 Å². The summed E-state index contributed by atoms with van der Waals surface area (Å²) in [6.07, 6.45) is 0. The van der Waals surface area contributed by atoms with Gasteiger partial charge in [0.25, 0.3) is 0 Å². The van der Waals surface area contributed by atoms with Crippen LogP contribution in [0.5, 0.6) is 0 Å². The Bertz CT molecular complexity index is 685. The maximum absolute atomic E-state index is 4.26. The number of fused-ring (bicyclic) bond motifs is 1. The van der Waals surface area contributed by atoms with E-state index in [-0.39, 0.29) is 0 Å². The fourth-order valence-corrected chi connectivity index (χ4v) is 2.27. The van der Waals surface area contributed by atoms with Gasteiger partial charge in [0.15, 0.2) is 6.67 Å². The summed E-state index contributed by atoms with van der Waals surface area (Å²) in [5.74, 6) is 0. The molecule has 96 valence electrons. The van der Waals surface area contributed by atoms with Crippen molar-refractivity contribution in [3.05, 3.63) is 54.6 Å². The molecule has 2 aromatic carbocycles. The Balaban J connectivity index is 1.96. The number of quaternary nitrogens is 1. The molecule has 0 spiro atoms. The lowest BCUT2D eigenvalue weighted by molar-refractivity contribution is 0.305. The Kier molecular flexibility index (Phi) is 2.80. The predicted molar refractivity (Wildman–Crippen MR) is 77.6 cm³/mol. The molecule has 0 unspecified atom stereocenters. The maximum atomic E-state index is 4.26. The van der Waals surface area contributed by atoms with Crippen LogP contribution in [0.1, 0.15) is 0 Å². The Morgan fingerprint density at radius 2 is 1.63 bits per heavy atom. The molecule has 0 saturated heterocycles. The fourth-order valence-electron chi connectivity index (χ4n) is 2.27. The molecule has 3 aromatic rings. The molecular formula is C15H17N4+. The number of hydrogen-bond acceptors (Lipinski definition) is 2. The lowest BCUT2D eigenvalue weighted by Crippen LogP contribution is -2.42. The molecule has 19 heavy (non-hydrogen) atoms. The van der Waals surface area contributed by atoms with Gasteiger partial charge in [0.05, 0.1) is 19.6 Å². The summed E-state index contributed by atoms with van der Waals surface area (Å²) in [6.45, 7) is 0.754. The van der Waals surface area contributed by atoms with Crippen molar-refractivity contribution in [3.8, 4) is 0 Å². The number of para-hydroxylation sites is 2. The first-order chi connectivity index (χ1) is 9.17. The van der Waals surface area contributed by atoms with Crippen LogP contribution < -0.4 is 4.48 Å². The predicted octanol–water partition coefficient (Wildman–Crippen LogP) is 2.66. The zero-order valence-corrected chi connectivity index (χ0v) is 11.2. The summed E-state index contributed by atoms with van der Waals surface area (Å²) in [6, 6.07) is 18.5. The number of rotatable bonds is 3. The molecule has 0 amide bonds.